The average Bonchev–Trinajstić information content (AvgIpc) is 2.94. The molecule has 0 aliphatic heterocycles. The summed E-state index contributed by atoms with van der Waals surface area (Å²) in [5.41, 5.74) is 5.84. The monoisotopic (exact) mass is 465 g/mol. The van der Waals surface area contributed by atoms with E-state index in [9.17, 15) is 10.0 Å². The van der Waals surface area contributed by atoms with Crippen LogP contribution in [0.4, 0.5) is 17.1 Å². The van der Waals surface area contributed by atoms with Gasteiger partial charge in [-0.25, -0.2) is 0 Å². The van der Waals surface area contributed by atoms with Crippen molar-refractivity contribution in [2.24, 2.45) is 0 Å². The lowest BCUT2D eigenvalue weighted by molar-refractivity contribution is 0.426. The summed E-state index contributed by atoms with van der Waals surface area (Å²) in [6, 6.07) is 45.5. The fourth-order valence-electron chi connectivity index (χ4n) is 4.89. The first-order valence-corrected chi connectivity index (χ1v) is 12.0. The highest BCUT2D eigenvalue weighted by atomic mass is 16.4. The topological polar surface area (TPSA) is 43.7 Å². The molecule has 0 aliphatic rings. The Kier molecular flexibility index (Phi) is 5.74. The molecule has 0 atom stereocenters. The number of rotatable bonds is 5. The van der Waals surface area contributed by atoms with Crippen LogP contribution in [0.1, 0.15) is 0 Å². The molecule has 0 aliphatic carbocycles. The molecule has 6 aromatic rings. The zero-order valence-corrected chi connectivity index (χ0v) is 19.6. The molecular weight excluding hydrogens is 441 g/mol. The fraction of sp³-hybridized carbons (Fsp3) is 0. The lowest BCUT2D eigenvalue weighted by Crippen LogP contribution is -2.29. The summed E-state index contributed by atoms with van der Waals surface area (Å²) in [7, 11) is -1.50. The maximum absolute atomic E-state index is 9.58. The van der Waals surface area contributed by atoms with Crippen molar-refractivity contribution in [1.29, 1.82) is 0 Å². The van der Waals surface area contributed by atoms with Gasteiger partial charge in [-0.2, -0.15) is 0 Å². The van der Waals surface area contributed by atoms with Gasteiger partial charge in [0.25, 0.3) is 0 Å². The molecule has 0 aromatic heterocycles. The van der Waals surface area contributed by atoms with Gasteiger partial charge in [0.15, 0.2) is 0 Å². The Morgan fingerprint density at radius 2 is 1.00 bits per heavy atom. The summed E-state index contributed by atoms with van der Waals surface area (Å²) >= 11 is 0. The van der Waals surface area contributed by atoms with Gasteiger partial charge in [-0.15, -0.1) is 0 Å². The van der Waals surface area contributed by atoms with Crippen LogP contribution in [-0.2, 0) is 0 Å². The van der Waals surface area contributed by atoms with Crippen molar-refractivity contribution in [2.45, 2.75) is 0 Å². The molecule has 36 heavy (non-hydrogen) atoms. The predicted octanol–water partition coefficient (Wildman–Crippen LogP) is 6.81. The van der Waals surface area contributed by atoms with E-state index in [4.69, 9.17) is 0 Å². The van der Waals surface area contributed by atoms with Crippen LogP contribution < -0.4 is 10.4 Å². The highest BCUT2D eigenvalue weighted by Gasteiger charge is 2.17. The second kappa shape index (κ2) is 9.35. The minimum absolute atomic E-state index is 0.461. The molecule has 4 heteroatoms. The predicted molar refractivity (Wildman–Crippen MR) is 151 cm³/mol. The summed E-state index contributed by atoms with van der Waals surface area (Å²) < 4.78 is 0. The van der Waals surface area contributed by atoms with Gasteiger partial charge in [-0.3, -0.25) is 0 Å². The maximum Gasteiger partial charge on any atom is 0.488 e. The maximum atomic E-state index is 9.58. The van der Waals surface area contributed by atoms with Crippen molar-refractivity contribution in [3.63, 3.8) is 0 Å². The van der Waals surface area contributed by atoms with Crippen LogP contribution in [0, 0.1) is 0 Å². The Bertz CT molecular complexity index is 1650. The van der Waals surface area contributed by atoms with Gasteiger partial charge in [0.05, 0.1) is 5.69 Å². The van der Waals surface area contributed by atoms with Gasteiger partial charge < -0.3 is 14.9 Å². The van der Waals surface area contributed by atoms with Crippen molar-refractivity contribution in [2.75, 3.05) is 4.90 Å². The van der Waals surface area contributed by atoms with Crippen LogP contribution in [0.5, 0.6) is 0 Å². The smallest absolute Gasteiger partial charge is 0.423 e. The SMILES string of the molecule is OB(O)c1ccc(N(c2ccc(-c3cccc4ccccc34)cc2)c2cccc3ccccc23)cc1. The Morgan fingerprint density at radius 3 is 1.67 bits per heavy atom. The second-order valence-corrected chi connectivity index (χ2v) is 8.87. The molecule has 0 spiro atoms. The lowest BCUT2D eigenvalue weighted by atomic mass is 9.80. The van der Waals surface area contributed by atoms with Gasteiger partial charge in [-0.05, 0) is 63.1 Å². The van der Waals surface area contributed by atoms with E-state index < -0.39 is 7.12 Å². The molecule has 0 saturated heterocycles. The van der Waals surface area contributed by atoms with Gasteiger partial charge >= 0.3 is 7.12 Å². The molecule has 0 unspecified atom stereocenters. The fourth-order valence-corrected chi connectivity index (χ4v) is 4.89. The van der Waals surface area contributed by atoms with Crippen LogP contribution >= 0.6 is 0 Å². The van der Waals surface area contributed by atoms with Crippen LogP contribution in [0.3, 0.4) is 0 Å². The van der Waals surface area contributed by atoms with E-state index in [2.05, 4.69) is 108 Å². The van der Waals surface area contributed by atoms with Crippen molar-refractivity contribution >= 4 is 51.2 Å². The molecule has 6 aromatic carbocycles. The van der Waals surface area contributed by atoms with Crippen molar-refractivity contribution in [3.05, 3.63) is 133 Å². The third-order valence-electron chi connectivity index (χ3n) is 6.68. The van der Waals surface area contributed by atoms with Crippen molar-refractivity contribution in [3.8, 4) is 11.1 Å². The number of nitrogens with zero attached hydrogens (tertiary/aromatic N) is 1. The number of anilines is 3. The third-order valence-corrected chi connectivity index (χ3v) is 6.68. The molecule has 2 N–H and O–H groups in total. The summed E-state index contributed by atoms with van der Waals surface area (Å²) in [6.07, 6.45) is 0. The van der Waals surface area contributed by atoms with Gasteiger partial charge in [0.2, 0.25) is 0 Å². The van der Waals surface area contributed by atoms with Gasteiger partial charge in [-0.1, -0.05) is 103 Å². The van der Waals surface area contributed by atoms with E-state index in [1.807, 2.05) is 18.2 Å². The number of hydrogen-bond donors (Lipinski definition) is 2. The molecule has 0 saturated carbocycles. The minimum atomic E-state index is -1.50. The van der Waals surface area contributed by atoms with Crippen LogP contribution in [0.15, 0.2) is 133 Å². The largest absolute Gasteiger partial charge is 0.488 e. The second-order valence-electron chi connectivity index (χ2n) is 8.87. The Balaban J connectivity index is 1.49. The van der Waals surface area contributed by atoms with Gasteiger partial charge in [0.1, 0.15) is 0 Å². The van der Waals surface area contributed by atoms with Crippen LogP contribution in [0.25, 0.3) is 32.7 Å². The van der Waals surface area contributed by atoms with E-state index in [1.165, 1.54) is 16.3 Å². The van der Waals surface area contributed by atoms with Crippen LogP contribution in [0.2, 0.25) is 0 Å². The van der Waals surface area contributed by atoms with E-state index in [0.717, 1.165) is 33.4 Å². The Morgan fingerprint density at radius 1 is 0.472 bits per heavy atom. The quantitative estimate of drug-likeness (QED) is 0.275. The summed E-state index contributed by atoms with van der Waals surface area (Å²) in [5, 5.41) is 23.9. The molecule has 0 heterocycles. The highest BCUT2D eigenvalue weighted by molar-refractivity contribution is 6.58. The zero-order valence-electron chi connectivity index (χ0n) is 19.6. The van der Waals surface area contributed by atoms with E-state index in [-0.39, 0.29) is 0 Å². The first-order chi connectivity index (χ1) is 17.7. The Hall–Kier alpha value is -4.38. The molecule has 172 valence electrons. The van der Waals surface area contributed by atoms with E-state index >= 15 is 0 Å². The zero-order chi connectivity index (χ0) is 24.5. The minimum Gasteiger partial charge on any atom is -0.423 e. The average molecular weight is 465 g/mol. The highest BCUT2D eigenvalue weighted by Crippen LogP contribution is 2.39. The molecule has 0 radical (unpaired) electrons. The summed E-state index contributed by atoms with van der Waals surface area (Å²) in [6.45, 7) is 0. The van der Waals surface area contributed by atoms with Gasteiger partial charge in [0, 0.05) is 16.8 Å². The number of benzene rings is 6. The van der Waals surface area contributed by atoms with Crippen LogP contribution in [-0.4, -0.2) is 17.2 Å². The Labute approximate surface area is 210 Å². The molecule has 3 nitrogen and oxygen atoms in total. The normalized spacial score (nSPS) is 11.1. The van der Waals surface area contributed by atoms with E-state index in [0.29, 0.717) is 5.46 Å². The lowest BCUT2D eigenvalue weighted by Gasteiger charge is -2.27. The summed E-state index contributed by atoms with van der Waals surface area (Å²) in [5.74, 6) is 0. The van der Waals surface area contributed by atoms with Crippen molar-refractivity contribution < 1.29 is 10.0 Å². The molecule has 0 bridgehead atoms. The molecular formula is C32H24BNO2. The first-order valence-electron chi connectivity index (χ1n) is 12.0. The first kappa shape index (κ1) is 22.1. The number of fused-ring (bicyclic) bond motifs is 2. The third kappa shape index (κ3) is 4.03. The molecule has 6 rings (SSSR count). The number of hydrogen-bond acceptors (Lipinski definition) is 3. The standard InChI is InChI=1S/C32H24BNO2/c35-33(36)26-17-21-28(22-18-26)34(32-14-6-10-24-8-2-4-12-31(24)32)27-19-15-25(16-20-27)30-13-5-9-23-7-1-3-11-29(23)30/h1-22,35-36H. The molecule has 0 amide bonds. The van der Waals surface area contributed by atoms with Crippen molar-refractivity contribution in [1.82, 2.24) is 0 Å². The summed E-state index contributed by atoms with van der Waals surface area (Å²) in [4.78, 5) is 2.21. The molecule has 0 fully saturated rings. The van der Waals surface area contributed by atoms with E-state index in [1.54, 1.807) is 12.1 Å².